The van der Waals surface area contributed by atoms with Crippen LogP contribution in [0.15, 0.2) is 12.1 Å². The molecule has 2 rings (SSSR count). The lowest BCUT2D eigenvalue weighted by Crippen LogP contribution is -2.46. The average molecular weight is 374 g/mol. The highest BCUT2D eigenvalue weighted by molar-refractivity contribution is 5.76. The first-order chi connectivity index (χ1) is 12.3. The third kappa shape index (κ3) is 5.68. The molecule has 0 unspecified atom stereocenters. The van der Waals surface area contributed by atoms with E-state index in [0.29, 0.717) is 25.7 Å². The van der Waals surface area contributed by atoms with Crippen molar-refractivity contribution in [3.63, 3.8) is 0 Å². The maximum absolute atomic E-state index is 13.7. The zero-order valence-electron chi connectivity index (χ0n) is 14.1. The van der Waals surface area contributed by atoms with Gasteiger partial charge in [-0.3, -0.25) is 19.5 Å². The highest BCUT2D eigenvalue weighted by atomic mass is 19.2. The Morgan fingerprint density at radius 1 is 1.15 bits per heavy atom. The molecule has 144 valence electrons. The van der Waals surface area contributed by atoms with E-state index in [9.17, 15) is 22.8 Å². The third-order valence-electron chi connectivity index (χ3n) is 4.04. The number of hydrogen-bond donors (Lipinski definition) is 3. The number of amides is 1. The van der Waals surface area contributed by atoms with E-state index in [1.54, 1.807) is 4.90 Å². The SMILES string of the molecule is N[C@@H](CC(=O)N1CCN(CC(=O)O)CCN1)Cc1cc(F)c(F)cc1F. The number of nitrogens with zero attached hydrogens (tertiary/aromatic N) is 2. The second-order valence-electron chi connectivity index (χ2n) is 6.15. The van der Waals surface area contributed by atoms with Gasteiger partial charge in [0, 0.05) is 38.2 Å². The number of carboxylic acids is 1. The Morgan fingerprint density at radius 3 is 2.54 bits per heavy atom. The van der Waals surface area contributed by atoms with Gasteiger partial charge in [-0.1, -0.05) is 0 Å². The van der Waals surface area contributed by atoms with Crippen molar-refractivity contribution < 1.29 is 27.9 Å². The smallest absolute Gasteiger partial charge is 0.317 e. The van der Waals surface area contributed by atoms with Crippen molar-refractivity contribution in [3.05, 3.63) is 35.1 Å². The number of carbonyl (C=O) groups excluding carboxylic acids is 1. The standard InChI is InChI=1S/C16H21F3N4O3/c17-12-8-14(19)13(18)6-10(12)5-11(20)7-15(24)23-4-3-22(2-1-21-23)9-16(25)26/h6,8,11,21H,1-5,7,9,20H2,(H,25,26)/t11-/m1/s1. The minimum atomic E-state index is -1.28. The second kappa shape index (κ2) is 8.97. The summed E-state index contributed by atoms with van der Waals surface area (Å²) in [6.45, 7) is 1.42. The number of aliphatic carboxylic acids is 1. The van der Waals surface area contributed by atoms with Crippen LogP contribution in [0.3, 0.4) is 0 Å². The molecule has 1 aromatic carbocycles. The topological polar surface area (TPSA) is 98.9 Å². The molecule has 0 aliphatic carbocycles. The molecule has 0 aromatic heterocycles. The van der Waals surface area contributed by atoms with Crippen LogP contribution in [0.1, 0.15) is 12.0 Å². The molecule has 26 heavy (non-hydrogen) atoms. The number of hydrogen-bond acceptors (Lipinski definition) is 5. The van der Waals surface area contributed by atoms with Gasteiger partial charge >= 0.3 is 5.97 Å². The number of carbonyl (C=O) groups is 2. The number of benzene rings is 1. The molecule has 0 radical (unpaired) electrons. The number of nitrogens with two attached hydrogens (primary N) is 1. The van der Waals surface area contributed by atoms with Crippen LogP contribution in [-0.2, 0) is 16.0 Å². The lowest BCUT2D eigenvalue weighted by atomic mass is 10.0. The summed E-state index contributed by atoms with van der Waals surface area (Å²) in [6, 6.07) is 0.414. The molecule has 1 aromatic rings. The summed E-state index contributed by atoms with van der Waals surface area (Å²) < 4.78 is 39.8. The van der Waals surface area contributed by atoms with Crippen LogP contribution < -0.4 is 11.2 Å². The van der Waals surface area contributed by atoms with Crippen LogP contribution in [-0.4, -0.2) is 65.7 Å². The van der Waals surface area contributed by atoms with E-state index < -0.39 is 29.5 Å². The maximum Gasteiger partial charge on any atom is 0.317 e. The van der Waals surface area contributed by atoms with Gasteiger partial charge in [0.1, 0.15) is 5.82 Å². The van der Waals surface area contributed by atoms with Crippen molar-refractivity contribution in [1.29, 1.82) is 0 Å². The van der Waals surface area contributed by atoms with E-state index in [2.05, 4.69) is 5.43 Å². The summed E-state index contributed by atoms with van der Waals surface area (Å²) in [4.78, 5) is 24.7. The third-order valence-corrected chi connectivity index (χ3v) is 4.04. The number of nitrogens with one attached hydrogen (secondary N) is 1. The van der Waals surface area contributed by atoms with Gasteiger partial charge in [-0.05, 0) is 18.1 Å². The Morgan fingerprint density at radius 2 is 1.85 bits per heavy atom. The molecule has 1 amide bonds. The van der Waals surface area contributed by atoms with E-state index in [1.807, 2.05) is 0 Å². The van der Waals surface area contributed by atoms with Crippen molar-refractivity contribution in [3.8, 4) is 0 Å². The van der Waals surface area contributed by atoms with E-state index in [4.69, 9.17) is 10.8 Å². The number of rotatable bonds is 6. The van der Waals surface area contributed by atoms with E-state index >= 15 is 0 Å². The van der Waals surface area contributed by atoms with Crippen LogP contribution in [0.25, 0.3) is 0 Å². The summed E-state index contributed by atoms with van der Waals surface area (Å²) in [6.07, 6.45) is -0.238. The maximum atomic E-state index is 13.7. The Labute approximate surface area is 148 Å². The summed E-state index contributed by atoms with van der Waals surface area (Å²) in [5.74, 6) is -4.65. The molecular weight excluding hydrogens is 353 g/mol. The zero-order valence-corrected chi connectivity index (χ0v) is 14.1. The minimum absolute atomic E-state index is 0.0966. The number of halogens is 3. The summed E-state index contributed by atoms with van der Waals surface area (Å²) in [5.41, 5.74) is 8.65. The van der Waals surface area contributed by atoms with Gasteiger partial charge in [0.15, 0.2) is 11.6 Å². The summed E-state index contributed by atoms with van der Waals surface area (Å²) >= 11 is 0. The molecule has 4 N–H and O–H groups in total. The zero-order chi connectivity index (χ0) is 19.3. The molecular formula is C16H21F3N4O3. The predicted molar refractivity (Wildman–Crippen MR) is 86.4 cm³/mol. The second-order valence-corrected chi connectivity index (χ2v) is 6.15. The molecule has 10 heteroatoms. The first-order valence-corrected chi connectivity index (χ1v) is 8.13. The van der Waals surface area contributed by atoms with Gasteiger partial charge in [-0.15, -0.1) is 0 Å². The normalized spacial score (nSPS) is 17.0. The van der Waals surface area contributed by atoms with Crippen molar-refractivity contribution in [1.82, 2.24) is 15.3 Å². The fourth-order valence-electron chi connectivity index (χ4n) is 2.75. The van der Waals surface area contributed by atoms with Crippen LogP contribution in [0, 0.1) is 17.5 Å². The van der Waals surface area contributed by atoms with Crippen molar-refractivity contribution in [2.24, 2.45) is 5.73 Å². The van der Waals surface area contributed by atoms with Crippen LogP contribution in [0.5, 0.6) is 0 Å². The summed E-state index contributed by atoms with van der Waals surface area (Å²) in [7, 11) is 0. The summed E-state index contributed by atoms with van der Waals surface area (Å²) in [5, 5.41) is 10.2. The highest BCUT2D eigenvalue weighted by Crippen LogP contribution is 2.16. The van der Waals surface area contributed by atoms with Gasteiger partial charge in [0.25, 0.3) is 0 Å². The Bertz CT molecular complexity index is 674. The quantitative estimate of drug-likeness (QED) is 0.611. The molecule has 1 aliphatic rings. The predicted octanol–water partition coefficient (Wildman–Crippen LogP) is 0.0972. The van der Waals surface area contributed by atoms with E-state index in [0.717, 1.165) is 6.07 Å². The van der Waals surface area contributed by atoms with Crippen molar-refractivity contribution in [2.75, 3.05) is 32.7 Å². The van der Waals surface area contributed by atoms with Crippen LogP contribution >= 0.6 is 0 Å². The lowest BCUT2D eigenvalue weighted by Gasteiger charge is -2.23. The number of hydrazine groups is 1. The van der Waals surface area contributed by atoms with E-state index in [-0.39, 0.29) is 37.4 Å². The van der Waals surface area contributed by atoms with Gasteiger partial charge in [0.05, 0.1) is 13.1 Å². The fourth-order valence-corrected chi connectivity index (χ4v) is 2.75. The Hall–Kier alpha value is -2.17. The minimum Gasteiger partial charge on any atom is -0.480 e. The molecule has 1 saturated heterocycles. The first kappa shape index (κ1) is 20.1. The molecule has 0 saturated carbocycles. The molecule has 1 heterocycles. The van der Waals surface area contributed by atoms with Gasteiger partial charge < -0.3 is 10.8 Å². The molecule has 0 spiro atoms. The Kier molecular flexibility index (Phi) is 6.95. The molecule has 0 bridgehead atoms. The molecule has 1 atom stereocenters. The molecule has 1 aliphatic heterocycles. The molecule has 7 nitrogen and oxygen atoms in total. The van der Waals surface area contributed by atoms with Crippen molar-refractivity contribution >= 4 is 11.9 Å². The highest BCUT2D eigenvalue weighted by Gasteiger charge is 2.22. The Balaban J connectivity index is 1.89. The fraction of sp³-hybridized carbons (Fsp3) is 0.500. The van der Waals surface area contributed by atoms with E-state index in [1.165, 1.54) is 5.01 Å². The lowest BCUT2D eigenvalue weighted by molar-refractivity contribution is -0.138. The van der Waals surface area contributed by atoms with Crippen LogP contribution in [0.2, 0.25) is 0 Å². The largest absolute Gasteiger partial charge is 0.480 e. The number of carboxylic acid groups (broad SMARTS) is 1. The molecule has 1 fully saturated rings. The average Bonchev–Trinajstić information content (AvgIpc) is 2.77. The van der Waals surface area contributed by atoms with Gasteiger partial charge in [-0.2, -0.15) is 0 Å². The first-order valence-electron chi connectivity index (χ1n) is 8.13. The van der Waals surface area contributed by atoms with Crippen molar-refractivity contribution in [2.45, 2.75) is 18.9 Å². The van der Waals surface area contributed by atoms with Crippen LogP contribution in [0.4, 0.5) is 13.2 Å². The van der Waals surface area contributed by atoms with Gasteiger partial charge in [0.2, 0.25) is 5.91 Å². The monoisotopic (exact) mass is 374 g/mol. The van der Waals surface area contributed by atoms with Gasteiger partial charge in [-0.25, -0.2) is 18.6 Å².